The summed E-state index contributed by atoms with van der Waals surface area (Å²) < 4.78 is 24.6. The van der Waals surface area contributed by atoms with Crippen LogP contribution in [-0.2, 0) is 14.8 Å². The van der Waals surface area contributed by atoms with Crippen molar-refractivity contribution in [2.24, 2.45) is 11.8 Å². The summed E-state index contributed by atoms with van der Waals surface area (Å²) in [7, 11) is -3.08. The molecule has 7 heteroatoms. The van der Waals surface area contributed by atoms with Gasteiger partial charge < -0.3 is 10.6 Å². The van der Waals surface area contributed by atoms with E-state index in [4.69, 9.17) is 0 Å². The maximum absolute atomic E-state index is 11.5. The van der Waals surface area contributed by atoms with E-state index in [1.807, 2.05) is 0 Å². The maximum Gasteiger partial charge on any atom is 0.221 e. The zero-order chi connectivity index (χ0) is 15.9. The number of rotatable bonds is 8. The number of nitrogens with one attached hydrogen (secondary N) is 2. The van der Waals surface area contributed by atoms with Crippen LogP contribution in [0.1, 0.15) is 33.1 Å². The molecule has 1 rings (SSSR count). The largest absolute Gasteiger partial charge is 0.356 e. The quantitative estimate of drug-likeness (QED) is 0.635. The van der Waals surface area contributed by atoms with Crippen molar-refractivity contribution in [1.29, 1.82) is 0 Å². The molecule has 21 heavy (non-hydrogen) atoms. The Labute approximate surface area is 128 Å². The van der Waals surface area contributed by atoms with Gasteiger partial charge in [-0.15, -0.1) is 0 Å². The summed E-state index contributed by atoms with van der Waals surface area (Å²) in [6.07, 6.45) is 3.68. The molecule has 6 nitrogen and oxygen atoms in total. The minimum atomic E-state index is -3.08. The number of carbonyl (C=O) groups excluding carboxylic acids is 1. The first-order chi connectivity index (χ1) is 9.79. The normalized spacial score (nSPS) is 20.7. The van der Waals surface area contributed by atoms with Crippen LogP contribution >= 0.6 is 0 Å². The van der Waals surface area contributed by atoms with Gasteiger partial charge in [-0.2, -0.15) is 0 Å². The number of hydrogen-bond donors (Lipinski definition) is 2. The highest BCUT2D eigenvalue weighted by atomic mass is 32.2. The minimum Gasteiger partial charge on any atom is -0.356 e. The molecule has 1 fully saturated rings. The number of amides is 1. The van der Waals surface area contributed by atoms with Gasteiger partial charge in [0.1, 0.15) is 0 Å². The molecule has 2 N–H and O–H groups in total. The van der Waals surface area contributed by atoms with Crippen LogP contribution in [0.2, 0.25) is 0 Å². The molecule has 0 aromatic rings. The molecule has 1 aliphatic heterocycles. The highest BCUT2D eigenvalue weighted by molar-refractivity contribution is 7.88. The molecule has 0 spiro atoms. The molecule has 1 unspecified atom stereocenters. The molecule has 0 radical (unpaired) electrons. The first kappa shape index (κ1) is 18.4. The standard InChI is InChI=1S/C14H29N3O3S/c1-12(2)9-16-14(18)6-7-15-10-13-5-4-8-17(11-13)21(3,19)20/h12-13,15H,4-11H2,1-3H3,(H,16,18). The van der Waals surface area contributed by atoms with E-state index in [9.17, 15) is 13.2 Å². The topological polar surface area (TPSA) is 78.5 Å². The summed E-state index contributed by atoms with van der Waals surface area (Å²) in [6, 6.07) is 0. The van der Waals surface area contributed by atoms with Gasteiger partial charge in [0.15, 0.2) is 0 Å². The smallest absolute Gasteiger partial charge is 0.221 e. The molecule has 0 aliphatic carbocycles. The van der Waals surface area contributed by atoms with E-state index in [0.717, 1.165) is 19.4 Å². The van der Waals surface area contributed by atoms with Crippen LogP contribution < -0.4 is 10.6 Å². The van der Waals surface area contributed by atoms with E-state index in [1.165, 1.54) is 6.26 Å². The van der Waals surface area contributed by atoms with Crippen LogP contribution in [0.4, 0.5) is 0 Å². The second-order valence-electron chi connectivity index (χ2n) is 6.28. The van der Waals surface area contributed by atoms with Gasteiger partial charge in [0.05, 0.1) is 6.26 Å². The summed E-state index contributed by atoms with van der Waals surface area (Å²) in [4.78, 5) is 11.5. The van der Waals surface area contributed by atoms with E-state index in [2.05, 4.69) is 24.5 Å². The van der Waals surface area contributed by atoms with Gasteiger partial charge >= 0.3 is 0 Å². The second kappa shape index (κ2) is 8.70. The maximum atomic E-state index is 11.5. The van der Waals surface area contributed by atoms with Gasteiger partial charge in [0.2, 0.25) is 15.9 Å². The average molecular weight is 319 g/mol. The monoisotopic (exact) mass is 319 g/mol. The molecule has 1 amide bonds. The summed E-state index contributed by atoms with van der Waals surface area (Å²) >= 11 is 0. The van der Waals surface area contributed by atoms with Gasteiger partial charge in [0.25, 0.3) is 0 Å². The van der Waals surface area contributed by atoms with Crippen LogP contribution in [0.3, 0.4) is 0 Å². The number of carbonyl (C=O) groups is 1. The first-order valence-corrected chi connectivity index (χ1v) is 9.56. The molecular weight excluding hydrogens is 290 g/mol. The van der Waals surface area contributed by atoms with Crippen molar-refractivity contribution in [1.82, 2.24) is 14.9 Å². The van der Waals surface area contributed by atoms with Crippen molar-refractivity contribution >= 4 is 15.9 Å². The molecule has 0 saturated carbocycles. The van der Waals surface area contributed by atoms with E-state index >= 15 is 0 Å². The minimum absolute atomic E-state index is 0.0672. The number of sulfonamides is 1. The fraction of sp³-hybridized carbons (Fsp3) is 0.929. The van der Waals surface area contributed by atoms with Crippen LogP contribution in [0, 0.1) is 11.8 Å². The molecular formula is C14H29N3O3S. The fourth-order valence-corrected chi connectivity index (χ4v) is 3.35. The predicted molar refractivity (Wildman–Crippen MR) is 84.5 cm³/mol. The summed E-state index contributed by atoms with van der Waals surface area (Å²) in [5, 5.41) is 6.14. The molecule has 1 aliphatic rings. The van der Waals surface area contributed by atoms with E-state index in [1.54, 1.807) is 4.31 Å². The highest BCUT2D eigenvalue weighted by Gasteiger charge is 2.25. The van der Waals surface area contributed by atoms with Crippen LogP contribution in [0.15, 0.2) is 0 Å². The van der Waals surface area contributed by atoms with Gasteiger partial charge in [-0.1, -0.05) is 13.8 Å². The van der Waals surface area contributed by atoms with Crippen molar-refractivity contribution < 1.29 is 13.2 Å². The first-order valence-electron chi connectivity index (χ1n) is 7.71. The van der Waals surface area contributed by atoms with Gasteiger partial charge in [-0.25, -0.2) is 12.7 Å². The van der Waals surface area contributed by atoms with Gasteiger partial charge in [-0.3, -0.25) is 4.79 Å². The lowest BCUT2D eigenvalue weighted by molar-refractivity contribution is -0.121. The van der Waals surface area contributed by atoms with Crippen LogP contribution in [0.25, 0.3) is 0 Å². The summed E-state index contributed by atoms with van der Waals surface area (Å²) in [6.45, 7) is 7.47. The lowest BCUT2D eigenvalue weighted by Gasteiger charge is -2.31. The lowest BCUT2D eigenvalue weighted by Crippen LogP contribution is -2.42. The van der Waals surface area contributed by atoms with E-state index < -0.39 is 10.0 Å². The summed E-state index contributed by atoms with van der Waals surface area (Å²) in [5.41, 5.74) is 0. The van der Waals surface area contributed by atoms with Crippen molar-refractivity contribution in [2.45, 2.75) is 33.1 Å². The van der Waals surface area contributed by atoms with E-state index in [0.29, 0.717) is 44.4 Å². The van der Waals surface area contributed by atoms with E-state index in [-0.39, 0.29) is 5.91 Å². The Bertz CT molecular complexity index is 423. The molecule has 0 aromatic heterocycles. The van der Waals surface area contributed by atoms with Crippen molar-refractivity contribution in [3.05, 3.63) is 0 Å². The fourth-order valence-electron chi connectivity index (χ4n) is 2.41. The highest BCUT2D eigenvalue weighted by Crippen LogP contribution is 2.17. The Morgan fingerprint density at radius 3 is 2.71 bits per heavy atom. The average Bonchev–Trinajstić information content (AvgIpc) is 2.41. The predicted octanol–water partition coefficient (Wildman–Crippen LogP) is 0.410. The molecule has 0 bridgehead atoms. The van der Waals surface area contributed by atoms with Crippen LogP contribution in [0.5, 0.6) is 0 Å². The Kier molecular flexibility index (Phi) is 7.62. The number of nitrogens with zero attached hydrogens (tertiary/aromatic N) is 1. The Hall–Kier alpha value is -0.660. The summed E-state index contributed by atoms with van der Waals surface area (Å²) in [5.74, 6) is 0.871. The van der Waals surface area contributed by atoms with Gasteiger partial charge in [0, 0.05) is 32.6 Å². The Morgan fingerprint density at radius 1 is 1.38 bits per heavy atom. The SMILES string of the molecule is CC(C)CNC(=O)CCNCC1CCCN(S(C)(=O)=O)C1. The number of hydrogen-bond acceptors (Lipinski definition) is 4. The third-order valence-corrected chi connectivity index (χ3v) is 4.89. The molecule has 1 heterocycles. The molecule has 1 saturated heterocycles. The molecule has 0 aromatic carbocycles. The van der Waals surface area contributed by atoms with Crippen molar-refractivity contribution in [3.8, 4) is 0 Å². The third kappa shape index (κ3) is 7.78. The van der Waals surface area contributed by atoms with Crippen molar-refractivity contribution in [2.75, 3.05) is 39.0 Å². The second-order valence-corrected chi connectivity index (χ2v) is 8.26. The zero-order valence-electron chi connectivity index (χ0n) is 13.4. The Balaban J connectivity index is 2.16. The molecule has 124 valence electrons. The zero-order valence-corrected chi connectivity index (χ0v) is 14.2. The van der Waals surface area contributed by atoms with Gasteiger partial charge in [-0.05, 0) is 31.2 Å². The third-order valence-electron chi connectivity index (χ3n) is 3.62. The number of piperidine rings is 1. The lowest BCUT2D eigenvalue weighted by atomic mass is 10.00. The van der Waals surface area contributed by atoms with Crippen LogP contribution in [-0.4, -0.2) is 57.6 Å². The van der Waals surface area contributed by atoms with Crippen molar-refractivity contribution in [3.63, 3.8) is 0 Å². The Morgan fingerprint density at radius 2 is 2.10 bits per heavy atom. The molecule has 1 atom stereocenters.